The first-order valence-corrected chi connectivity index (χ1v) is 10.3. The number of hydrogen-bond acceptors (Lipinski definition) is 4. The molecule has 2 amide bonds. The lowest BCUT2D eigenvalue weighted by atomic mass is 10.1. The van der Waals surface area contributed by atoms with Crippen molar-refractivity contribution in [3.05, 3.63) is 68.5 Å². The van der Waals surface area contributed by atoms with Gasteiger partial charge >= 0.3 is 0 Å². The molecule has 2 aromatic carbocycles. The Hall–Kier alpha value is -2.05. The number of halogens is 1. The van der Waals surface area contributed by atoms with Crippen LogP contribution in [0.4, 0.5) is 4.79 Å². The molecular formula is C21H20BrNO3S. The molecule has 1 fully saturated rings. The minimum Gasteiger partial charge on any atom is -0.492 e. The number of imide groups is 1. The Labute approximate surface area is 171 Å². The van der Waals surface area contributed by atoms with Crippen LogP contribution < -0.4 is 4.74 Å². The Kier molecular flexibility index (Phi) is 6.39. The highest BCUT2D eigenvalue weighted by atomic mass is 79.9. The van der Waals surface area contributed by atoms with Crippen LogP contribution in [0.25, 0.3) is 6.08 Å². The smallest absolute Gasteiger partial charge is 0.293 e. The fourth-order valence-corrected chi connectivity index (χ4v) is 4.07. The molecule has 0 spiro atoms. The molecule has 0 bridgehead atoms. The van der Waals surface area contributed by atoms with Crippen LogP contribution in [0.2, 0.25) is 0 Å². The van der Waals surface area contributed by atoms with Crippen LogP contribution in [0.3, 0.4) is 0 Å². The van der Waals surface area contributed by atoms with Crippen LogP contribution >= 0.6 is 27.7 Å². The van der Waals surface area contributed by atoms with Crippen molar-refractivity contribution in [3.63, 3.8) is 0 Å². The van der Waals surface area contributed by atoms with Gasteiger partial charge in [0.25, 0.3) is 11.1 Å². The monoisotopic (exact) mass is 445 g/mol. The molecule has 4 nitrogen and oxygen atoms in total. The second-order valence-corrected chi connectivity index (χ2v) is 8.14. The second kappa shape index (κ2) is 8.76. The Morgan fingerprint density at radius 3 is 2.70 bits per heavy atom. The van der Waals surface area contributed by atoms with Gasteiger partial charge in [-0.3, -0.25) is 14.5 Å². The first-order chi connectivity index (χ1) is 13.0. The van der Waals surface area contributed by atoms with Crippen molar-refractivity contribution in [2.45, 2.75) is 26.8 Å². The lowest BCUT2D eigenvalue weighted by Crippen LogP contribution is -2.27. The van der Waals surface area contributed by atoms with Gasteiger partial charge in [-0.1, -0.05) is 42.8 Å². The van der Waals surface area contributed by atoms with E-state index in [9.17, 15) is 9.59 Å². The number of carbonyl (C=O) groups is 2. The number of hydrogen-bond donors (Lipinski definition) is 0. The molecule has 0 aliphatic carbocycles. The Morgan fingerprint density at radius 1 is 1.19 bits per heavy atom. The van der Waals surface area contributed by atoms with Crippen LogP contribution in [0, 0.1) is 6.92 Å². The highest BCUT2D eigenvalue weighted by Gasteiger charge is 2.35. The van der Waals surface area contributed by atoms with Crippen molar-refractivity contribution in [2.24, 2.45) is 0 Å². The standard InChI is InChI=1S/C21H20BrNO3S/c1-3-9-26-18-8-7-15(11-17(18)22)12-19-20(24)23(21(25)27-19)13-16-6-4-5-14(2)10-16/h4-8,10-12H,3,9,13H2,1-2H3/b19-12-. The lowest BCUT2D eigenvalue weighted by Gasteiger charge is -2.12. The van der Waals surface area contributed by atoms with E-state index in [1.165, 1.54) is 4.90 Å². The summed E-state index contributed by atoms with van der Waals surface area (Å²) >= 11 is 4.47. The van der Waals surface area contributed by atoms with Gasteiger partial charge in [0.05, 0.1) is 22.5 Å². The Morgan fingerprint density at radius 2 is 2.00 bits per heavy atom. The summed E-state index contributed by atoms with van der Waals surface area (Å²) in [6.45, 7) is 4.98. The van der Waals surface area contributed by atoms with E-state index in [1.807, 2.05) is 49.4 Å². The van der Waals surface area contributed by atoms with Crippen LogP contribution in [0.5, 0.6) is 5.75 Å². The quantitative estimate of drug-likeness (QED) is 0.528. The molecule has 0 N–H and O–H groups in total. The minimum absolute atomic E-state index is 0.241. The molecule has 0 saturated carbocycles. The van der Waals surface area contributed by atoms with Crippen molar-refractivity contribution in [3.8, 4) is 5.75 Å². The average Bonchev–Trinajstić information content (AvgIpc) is 2.89. The third-order valence-electron chi connectivity index (χ3n) is 4.01. The number of rotatable bonds is 6. The molecular weight excluding hydrogens is 426 g/mol. The summed E-state index contributed by atoms with van der Waals surface area (Å²) in [5, 5.41) is -0.241. The van der Waals surface area contributed by atoms with Crippen LogP contribution in [0.15, 0.2) is 51.8 Å². The summed E-state index contributed by atoms with van der Waals surface area (Å²) in [6, 6.07) is 13.5. The maximum atomic E-state index is 12.7. The number of nitrogens with zero attached hydrogens (tertiary/aromatic N) is 1. The third kappa shape index (κ3) is 4.82. The molecule has 0 aromatic heterocycles. The van der Waals surface area contributed by atoms with E-state index < -0.39 is 0 Å². The van der Waals surface area contributed by atoms with Crippen molar-refractivity contribution < 1.29 is 14.3 Å². The zero-order valence-corrected chi connectivity index (χ0v) is 17.6. The molecule has 2 aromatic rings. The Balaban J connectivity index is 1.77. The summed E-state index contributed by atoms with van der Waals surface area (Å²) in [4.78, 5) is 26.7. The van der Waals surface area contributed by atoms with Crippen LogP contribution in [-0.2, 0) is 11.3 Å². The molecule has 0 unspecified atom stereocenters. The maximum Gasteiger partial charge on any atom is 0.293 e. The van der Waals surface area contributed by atoms with Crippen molar-refractivity contribution in [2.75, 3.05) is 6.61 Å². The van der Waals surface area contributed by atoms with Gasteiger partial charge in [-0.05, 0) is 70.4 Å². The highest BCUT2D eigenvalue weighted by Crippen LogP contribution is 2.34. The van der Waals surface area contributed by atoms with E-state index >= 15 is 0 Å². The molecule has 140 valence electrons. The van der Waals surface area contributed by atoms with Crippen LogP contribution in [-0.4, -0.2) is 22.7 Å². The van der Waals surface area contributed by atoms with Crippen molar-refractivity contribution >= 4 is 44.9 Å². The fourth-order valence-electron chi connectivity index (χ4n) is 2.72. The zero-order valence-electron chi connectivity index (χ0n) is 15.2. The molecule has 27 heavy (non-hydrogen) atoms. The van der Waals surface area contributed by atoms with Gasteiger partial charge < -0.3 is 4.74 Å². The van der Waals surface area contributed by atoms with Gasteiger partial charge in [0.15, 0.2) is 0 Å². The predicted molar refractivity (Wildman–Crippen MR) is 113 cm³/mol. The summed E-state index contributed by atoms with van der Waals surface area (Å²) in [6.07, 6.45) is 2.68. The first-order valence-electron chi connectivity index (χ1n) is 8.71. The number of ether oxygens (including phenoxy) is 1. The van der Waals surface area contributed by atoms with Crippen LogP contribution in [0.1, 0.15) is 30.0 Å². The molecule has 3 rings (SSSR count). The predicted octanol–water partition coefficient (Wildman–Crippen LogP) is 5.78. The summed E-state index contributed by atoms with van der Waals surface area (Å²) in [7, 11) is 0. The zero-order chi connectivity index (χ0) is 19.4. The molecule has 6 heteroatoms. The van der Waals surface area contributed by atoms with Gasteiger partial charge in [0.2, 0.25) is 0 Å². The number of benzene rings is 2. The van der Waals surface area contributed by atoms with Gasteiger partial charge in [0, 0.05) is 0 Å². The van der Waals surface area contributed by atoms with Gasteiger partial charge in [0.1, 0.15) is 5.75 Å². The van der Waals surface area contributed by atoms with Crippen molar-refractivity contribution in [1.82, 2.24) is 4.90 Å². The SMILES string of the molecule is CCCOc1ccc(/C=C2\SC(=O)N(Cc3cccc(C)c3)C2=O)cc1Br. The third-order valence-corrected chi connectivity index (χ3v) is 5.54. The molecule has 1 saturated heterocycles. The van der Waals surface area contributed by atoms with E-state index in [1.54, 1.807) is 6.08 Å². The number of amides is 2. The van der Waals surface area contributed by atoms with Crippen molar-refractivity contribution in [1.29, 1.82) is 0 Å². The average molecular weight is 446 g/mol. The van der Waals surface area contributed by atoms with E-state index in [2.05, 4.69) is 22.9 Å². The minimum atomic E-state index is -0.256. The van der Waals surface area contributed by atoms with E-state index in [4.69, 9.17) is 4.74 Å². The normalized spacial score (nSPS) is 15.7. The highest BCUT2D eigenvalue weighted by molar-refractivity contribution is 9.10. The number of aryl methyl sites for hydroxylation is 1. The van der Waals surface area contributed by atoms with E-state index in [-0.39, 0.29) is 17.7 Å². The molecule has 0 atom stereocenters. The fraction of sp³-hybridized carbons (Fsp3) is 0.238. The summed E-state index contributed by atoms with van der Waals surface area (Å²) < 4.78 is 6.46. The van der Waals surface area contributed by atoms with Gasteiger partial charge in [-0.15, -0.1) is 0 Å². The molecule has 0 radical (unpaired) electrons. The maximum absolute atomic E-state index is 12.7. The summed E-state index contributed by atoms with van der Waals surface area (Å²) in [5.74, 6) is 0.510. The first kappa shape index (κ1) is 19.7. The number of thioether (sulfide) groups is 1. The molecule has 1 heterocycles. The largest absolute Gasteiger partial charge is 0.492 e. The topological polar surface area (TPSA) is 46.6 Å². The van der Waals surface area contributed by atoms with E-state index in [0.29, 0.717) is 11.5 Å². The molecule has 1 aliphatic rings. The Bertz CT molecular complexity index is 910. The van der Waals surface area contributed by atoms with Gasteiger partial charge in [-0.25, -0.2) is 0 Å². The lowest BCUT2D eigenvalue weighted by molar-refractivity contribution is -0.123. The van der Waals surface area contributed by atoms with E-state index in [0.717, 1.165) is 45.1 Å². The number of carbonyl (C=O) groups excluding carboxylic acids is 2. The summed E-state index contributed by atoms with van der Waals surface area (Å²) in [5.41, 5.74) is 2.88. The molecule has 1 aliphatic heterocycles. The van der Waals surface area contributed by atoms with Gasteiger partial charge in [-0.2, -0.15) is 0 Å². The second-order valence-electron chi connectivity index (χ2n) is 6.30.